The lowest BCUT2D eigenvalue weighted by molar-refractivity contribution is -0.139. The number of aromatic nitrogens is 1. The van der Waals surface area contributed by atoms with Crippen LogP contribution in [0.15, 0.2) is 30.3 Å². The minimum atomic E-state index is -0.786. The number of aliphatic carboxylic acids is 1. The summed E-state index contributed by atoms with van der Waals surface area (Å²) in [5.41, 5.74) is 3.16. The summed E-state index contributed by atoms with van der Waals surface area (Å²) in [6, 6.07) is 8.91. The molecule has 1 atom stereocenters. The summed E-state index contributed by atoms with van der Waals surface area (Å²) < 4.78 is 0. The molecule has 2 aromatic rings. The summed E-state index contributed by atoms with van der Waals surface area (Å²) >= 11 is 12.2. The Kier molecular flexibility index (Phi) is 3.87. The van der Waals surface area contributed by atoms with E-state index in [4.69, 9.17) is 23.2 Å². The van der Waals surface area contributed by atoms with Crippen molar-refractivity contribution < 1.29 is 9.90 Å². The van der Waals surface area contributed by atoms with E-state index < -0.39 is 11.9 Å². The molecule has 1 aromatic carbocycles. The van der Waals surface area contributed by atoms with Gasteiger partial charge >= 0.3 is 5.97 Å². The fourth-order valence-electron chi connectivity index (χ4n) is 2.76. The van der Waals surface area contributed by atoms with Crippen molar-refractivity contribution in [1.82, 2.24) is 4.98 Å². The minimum absolute atomic E-state index is 0.454. The number of carboxylic acid groups (broad SMARTS) is 1. The lowest BCUT2D eigenvalue weighted by Gasteiger charge is -2.22. The zero-order valence-corrected chi connectivity index (χ0v) is 12.7. The molecule has 5 heteroatoms. The van der Waals surface area contributed by atoms with E-state index >= 15 is 0 Å². The van der Waals surface area contributed by atoms with Crippen LogP contribution in [0, 0.1) is 0 Å². The smallest absolute Gasteiger partial charge is 0.311 e. The lowest BCUT2D eigenvalue weighted by atomic mass is 9.85. The van der Waals surface area contributed by atoms with E-state index in [1.54, 1.807) is 18.2 Å². The van der Waals surface area contributed by atoms with Gasteiger partial charge in [-0.3, -0.25) is 9.78 Å². The highest BCUT2D eigenvalue weighted by Crippen LogP contribution is 2.35. The number of carbonyl (C=O) groups is 1. The number of hydrogen-bond acceptors (Lipinski definition) is 2. The first kappa shape index (κ1) is 14.4. The monoisotopic (exact) mass is 321 g/mol. The third kappa shape index (κ3) is 2.76. The largest absolute Gasteiger partial charge is 0.481 e. The van der Waals surface area contributed by atoms with Gasteiger partial charge in [0.1, 0.15) is 0 Å². The van der Waals surface area contributed by atoms with Gasteiger partial charge in [-0.2, -0.15) is 0 Å². The maximum Gasteiger partial charge on any atom is 0.311 e. The van der Waals surface area contributed by atoms with Crippen molar-refractivity contribution >= 4 is 29.2 Å². The molecule has 3 nitrogen and oxygen atoms in total. The Labute approximate surface area is 132 Å². The van der Waals surface area contributed by atoms with E-state index in [2.05, 4.69) is 4.98 Å². The van der Waals surface area contributed by atoms with Crippen molar-refractivity contribution in [2.75, 3.05) is 0 Å². The number of benzene rings is 1. The molecule has 0 fully saturated rings. The second-order valence-electron chi connectivity index (χ2n) is 5.14. The van der Waals surface area contributed by atoms with Gasteiger partial charge in [0.05, 0.1) is 16.6 Å². The van der Waals surface area contributed by atoms with Crippen LogP contribution in [0.5, 0.6) is 0 Å². The summed E-state index contributed by atoms with van der Waals surface area (Å²) in [5.74, 6) is -1.24. The zero-order valence-electron chi connectivity index (χ0n) is 11.1. The Morgan fingerprint density at radius 2 is 2.05 bits per heavy atom. The number of pyridine rings is 1. The Morgan fingerprint density at radius 3 is 2.81 bits per heavy atom. The Balaban J connectivity index is 2.07. The molecule has 1 aliphatic rings. The molecular weight excluding hydrogens is 309 g/mol. The number of nitrogens with zero attached hydrogens (tertiary/aromatic N) is 1. The summed E-state index contributed by atoms with van der Waals surface area (Å²) in [6.45, 7) is 0. The third-order valence-electron chi connectivity index (χ3n) is 3.79. The van der Waals surface area contributed by atoms with E-state index in [1.807, 2.05) is 12.1 Å². The summed E-state index contributed by atoms with van der Waals surface area (Å²) in [4.78, 5) is 15.9. The molecule has 1 aliphatic carbocycles. The van der Waals surface area contributed by atoms with Gasteiger partial charge in [-0.25, -0.2) is 0 Å². The van der Waals surface area contributed by atoms with Gasteiger partial charge in [-0.1, -0.05) is 29.3 Å². The minimum Gasteiger partial charge on any atom is -0.481 e. The molecule has 1 heterocycles. The number of rotatable bonds is 2. The van der Waals surface area contributed by atoms with Crippen LogP contribution < -0.4 is 0 Å². The van der Waals surface area contributed by atoms with Crippen LogP contribution in [0.2, 0.25) is 10.0 Å². The van der Waals surface area contributed by atoms with Gasteiger partial charge in [-0.15, -0.1) is 0 Å². The van der Waals surface area contributed by atoms with Crippen LogP contribution in [-0.4, -0.2) is 16.1 Å². The van der Waals surface area contributed by atoms with E-state index in [1.165, 1.54) is 0 Å². The lowest BCUT2D eigenvalue weighted by Crippen LogP contribution is -2.19. The number of aryl methyl sites for hydroxylation is 1. The summed E-state index contributed by atoms with van der Waals surface area (Å²) in [5, 5.41) is 10.5. The molecule has 1 N–H and O–H groups in total. The molecule has 108 valence electrons. The fraction of sp³-hybridized carbons (Fsp3) is 0.250. The molecule has 0 bridgehead atoms. The van der Waals surface area contributed by atoms with Gasteiger partial charge in [-0.05, 0) is 49.1 Å². The Morgan fingerprint density at radius 1 is 1.24 bits per heavy atom. The molecular formula is C16H13Cl2NO2. The van der Waals surface area contributed by atoms with Crippen LogP contribution in [0.4, 0.5) is 0 Å². The summed E-state index contributed by atoms with van der Waals surface area (Å²) in [7, 11) is 0. The van der Waals surface area contributed by atoms with Crippen LogP contribution in [0.3, 0.4) is 0 Å². The standard InChI is InChI=1S/C16H13Cl2NO2/c17-9-4-6-13(18)12(8-9)15-7-5-10-11(16(20)21)2-1-3-14(10)19-15/h4-8,11H,1-3H2,(H,20,21). The van der Waals surface area contributed by atoms with Crippen LogP contribution in [-0.2, 0) is 11.2 Å². The van der Waals surface area contributed by atoms with Crippen LogP contribution in [0.1, 0.15) is 30.0 Å². The molecule has 0 saturated heterocycles. The van der Waals surface area contributed by atoms with Crippen molar-refractivity contribution in [2.24, 2.45) is 0 Å². The van der Waals surface area contributed by atoms with Crippen molar-refractivity contribution in [3.63, 3.8) is 0 Å². The van der Waals surface area contributed by atoms with Gasteiger partial charge in [0.2, 0.25) is 0 Å². The molecule has 0 saturated carbocycles. The average Bonchev–Trinajstić information content (AvgIpc) is 2.48. The maximum absolute atomic E-state index is 11.3. The van der Waals surface area contributed by atoms with E-state index in [-0.39, 0.29) is 0 Å². The SMILES string of the molecule is O=C(O)C1CCCc2nc(-c3cc(Cl)ccc3Cl)ccc21. The van der Waals surface area contributed by atoms with Gasteiger partial charge in [0.15, 0.2) is 0 Å². The summed E-state index contributed by atoms with van der Waals surface area (Å²) in [6.07, 6.45) is 2.30. The predicted octanol–water partition coefficient (Wildman–Crippen LogP) is 4.56. The molecule has 1 unspecified atom stereocenters. The molecule has 0 radical (unpaired) electrons. The highest BCUT2D eigenvalue weighted by molar-refractivity contribution is 6.35. The third-order valence-corrected chi connectivity index (χ3v) is 4.36. The second kappa shape index (κ2) is 5.66. The molecule has 0 aliphatic heterocycles. The number of hydrogen-bond donors (Lipinski definition) is 1. The fourth-order valence-corrected chi connectivity index (χ4v) is 3.15. The Hall–Kier alpha value is -1.58. The van der Waals surface area contributed by atoms with Crippen molar-refractivity contribution in [3.05, 3.63) is 51.6 Å². The topological polar surface area (TPSA) is 50.2 Å². The van der Waals surface area contributed by atoms with Gasteiger partial charge in [0.25, 0.3) is 0 Å². The van der Waals surface area contributed by atoms with Gasteiger partial charge < -0.3 is 5.11 Å². The van der Waals surface area contributed by atoms with E-state index in [0.29, 0.717) is 16.5 Å². The Bertz CT molecular complexity index is 715. The van der Waals surface area contributed by atoms with Crippen LogP contribution in [0.25, 0.3) is 11.3 Å². The molecule has 0 amide bonds. The first-order valence-corrected chi connectivity index (χ1v) is 7.50. The highest BCUT2D eigenvalue weighted by Gasteiger charge is 2.27. The first-order valence-electron chi connectivity index (χ1n) is 6.74. The van der Waals surface area contributed by atoms with Crippen molar-refractivity contribution in [1.29, 1.82) is 0 Å². The first-order chi connectivity index (χ1) is 10.1. The number of halogens is 2. The van der Waals surface area contributed by atoms with E-state index in [0.717, 1.165) is 35.4 Å². The maximum atomic E-state index is 11.3. The predicted molar refractivity (Wildman–Crippen MR) is 83.0 cm³/mol. The highest BCUT2D eigenvalue weighted by atomic mass is 35.5. The zero-order chi connectivity index (χ0) is 15.0. The molecule has 1 aromatic heterocycles. The van der Waals surface area contributed by atoms with Crippen LogP contribution >= 0.6 is 23.2 Å². The average molecular weight is 322 g/mol. The quantitative estimate of drug-likeness (QED) is 0.882. The van der Waals surface area contributed by atoms with Crippen molar-refractivity contribution in [2.45, 2.75) is 25.2 Å². The van der Waals surface area contributed by atoms with E-state index in [9.17, 15) is 9.90 Å². The van der Waals surface area contributed by atoms with Gasteiger partial charge in [0, 0.05) is 16.3 Å². The molecule has 3 rings (SSSR count). The number of carboxylic acids is 1. The van der Waals surface area contributed by atoms with Crippen molar-refractivity contribution in [3.8, 4) is 11.3 Å². The molecule has 0 spiro atoms. The second-order valence-corrected chi connectivity index (χ2v) is 5.98. The molecule has 21 heavy (non-hydrogen) atoms. The number of fused-ring (bicyclic) bond motifs is 1. The normalized spacial score (nSPS) is 17.3.